The number of amides is 1. The largest absolute Gasteiger partial charge is 0.486 e. The number of benzene rings is 1. The van der Waals surface area contributed by atoms with Crippen LogP contribution >= 0.6 is 11.3 Å². The highest BCUT2D eigenvalue weighted by Gasteiger charge is 2.16. The molecule has 1 atom stereocenters. The molecule has 6 nitrogen and oxygen atoms in total. The number of hydrogen-bond acceptors (Lipinski definition) is 6. The Morgan fingerprint density at radius 1 is 1.41 bits per heavy atom. The van der Waals surface area contributed by atoms with E-state index in [4.69, 9.17) is 15.2 Å². The fourth-order valence-corrected chi connectivity index (χ4v) is 2.84. The van der Waals surface area contributed by atoms with Crippen molar-refractivity contribution in [2.75, 3.05) is 19.8 Å². The molecular formula is C15H17N3O3S. The fourth-order valence-electron chi connectivity index (χ4n) is 2.04. The van der Waals surface area contributed by atoms with Gasteiger partial charge in [-0.15, -0.1) is 11.3 Å². The number of carbonyl (C=O) groups is 1. The fraction of sp³-hybridized carbons (Fsp3) is 0.333. The Labute approximate surface area is 132 Å². The Hall–Kier alpha value is -2.12. The molecule has 0 unspecified atom stereocenters. The zero-order valence-electron chi connectivity index (χ0n) is 12.2. The number of nitrogens with zero attached hydrogens (tertiary/aromatic N) is 1. The van der Waals surface area contributed by atoms with Gasteiger partial charge in [-0.1, -0.05) is 0 Å². The molecule has 1 aliphatic heterocycles. The Morgan fingerprint density at radius 2 is 2.18 bits per heavy atom. The van der Waals surface area contributed by atoms with E-state index >= 15 is 0 Å². The van der Waals surface area contributed by atoms with Crippen LogP contribution in [0.1, 0.15) is 17.4 Å². The van der Waals surface area contributed by atoms with Crippen LogP contribution < -0.4 is 20.5 Å². The monoisotopic (exact) mass is 319 g/mol. The van der Waals surface area contributed by atoms with Crippen molar-refractivity contribution in [2.24, 2.45) is 5.73 Å². The lowest BCUT2D eigenvalue weighted by molar-refractivity contribution is 0.0937. The lowest BCUT2D eigenvalue weighted by Gasteiger charge is -2.18. The first-order valence-electron chi connectivity index (χ1n) is 7.04. The van der Waals surface area contributed by atoms with Gasteiger partial charge >= 0.3 is 0 Å². The summed E-state index contributed by atoms with van der Waals surface area (Å²) in [6.45, 7) is 3.35. The molecule has 0 aliphatic carbocycles. The molecule has 0 saturated heterocycles. The highest BCUT2D eigenvalue weighted by Crippen LogP contribution is 2.35. The van der Waals surface area contributed by atoms with E-state index in [9.17, 15) is 4.79 Å². The summed E-state index contributed by atoms with van der Waals surface area (Å²) in [6, 6.07) is 5.59. The molecule has 1 aromatic heterocycles. The molecule has 1 aliphatic rings. The van der Waals surface area contributed by atoms with Gasteiger partial charge in [-0.25, -0.2) is 4.98 Å². The number of nitrogens with two attached hydrogens (primary N) is 1. The van der Waals surface area contributed by atoms with Gasteiger partial charge in [0.2, 0.25) is 0 Å². The number of carbonyl (C=O) groups excluding carboxylic acids is 1. The van der Waals surface area contributed by atoms with E-state index in [-0.39, 0.29) is 11.9 Å². The highest BCUT2D eigenvalue weighted by molar-refractivity contribution is 7.13. The lowest BCUT2D eigenvalue weighted by atomic mass is 10.2. The number of fused-ring (bicyclic) bond motifs is 1. The minimum absolute atomic E-state index is 0.0769. The first-order valence-corrected chi connectivity index (χ1v) is 7.92. The number of hydrogen-bond donors (Lipinski definition) is 2. The zero-order chi connectivity index (χ0) is 15.5. The molecule has 3 rings (SSSR count). The van der Waals surface area contributed by atoms with Crippen molar-refractivity contribution in [1.29, 1.82) is 0 Å². The van der Waals surface area contributed by atoms with Crippen LogP contribution in [0.3, 0.4) is 0 Å². The summed E-state index contributed by atoms with van der Waals surface area (Å²) >= 11 is 1.42. The van der Waals surface area contributed by atoms with Crippen molar-refractivity contribution in [3.8, 4) is 22.1 Å². The van der Waals surface area contributed by atoms with Gasteiger partial charge in [0.05, 0.1) is 0 Å². The molecule has 1 aromatic carbocycles. The van der Waals surface area contributed by atoms with Crippen LogP contribution in [0.4, 0.5) is 0 Å². The third-order valence-electron chi connectivity index (χ3n) is 3.26. The molecule has 1 amide bonds. The second-order valence-corrected chi connectivity index (χ2v) is 5.86. The van der Waals surface area contributed by atoms with Crippen LogP contribution in [0, 0.1) is 0 Å². The van der Waals surface area contributed by atoms with E-state index in [1.807, 2.05) is 25.1 Å². The van der Waals surface area contributed by atoms with Crippen LogP contribution in [0.5, 0.6) is 11.5 Å². The summed E-state index contributed by atoms with van der Waals surface area (Å²) in [7, 11) is 0. The number of aromatic nitrogens is 1. The third-order valence-corrected chi connectivity index (χ3v) is 4.15. The van der Waals surface area contributed by atoms with Gasteiger partial charge in [-0.2, -0.15) is 0 Å². The van der Waals surface area contributed by atoms with Gasteiger partial charge in [0.25, 0.3) is 5.91 Å². The van der Waals surface area contributed by atoms with Gasteiger partial charge in [-0.3, -0.25) is 4.79 Å². The molecule has 0 bridgehead atoms. The zero-order valence-corrected chi connectivity index (χ0v) is 13.0. The molecule has 2 heterocycles. The van der Waals surface area contributed by atoms with Crippen LogP contribution in [-0.4, -0.2) is 36.7 Å². The number of ether oxygens (including phenoxy) is 2. The first kappa shape index (κ1) is 14.8. The first-order chi connectivity index (χ1) is 10.7. The number of rotatable bonds is 4. The Balaban J connectivity index is 1.80. The van der Waals surface area contributed by atoms with Crippen LogP contribution in [-0.2, 0) is 0 Å². The summed E-state index contributed by atoms with van der Waals surface area (Å²) in [4.78, 5) is 16.4. The van der Waals surface area contributed by atoms with Crippen molar-refractivity contribution < 1.29 is 14.3 Å². The predicted molar refractivity (Wildman–Crippen MR) is 84.5 cm³/mol. The Morgan fingerprint density at radius 3 is 2.95 bits per heavy atom. The molecule has 116 valence electrons. The van der Waals surface area contributed by atoms with Crippen molar-refractivity contribution in [3.05, 3.63) is 29.3 Å². The molecular weight excluding hydrogens is 302 g/mol. The molecule has 2 aromatic rings. The van der Waals surface area contributed by atoms with Crippen molar-refractivity contribution >= 4 is 17.2 Å². The minimum Gasteiger partial charge on any atom is -0.486 e. The van der Waals surface area contributed by atoms with Gasteiger partial charge < -0.3 is 20.5 Å². The van der Waals surface area contributed by atoms with E-state index in [1.54, 1.807) is 5.38 Å². The standard InChI is InChI=1S/C15H17N3O3S/c1-9(7-16)17-14(19)11-8-22-15(18-11)10-2-3-12-13(6-10)21-5-4-20-12/h2-3,6,8-9H,4-5,7,16H2,1H3,(H,17,19)/t9-/m0/s1. The molecule has 7 heteroatoms. The highest BCUT2D eigenvalue weighted by atomic mass is 32.1. The van der Waals surface area contributed by atoms with Gasteiger partial charge in [0, 0.05) is 23.5 Å². The molecule has 0 saturated carbocycles. The van der Waals surface area contributed by atoms with E-state index in [2.05, 4.69) is 10.3 Å². The van der Waals surface area contributed by atoms with Gasteiger partial charge in [-0.05, 0) is 25.1 Å². The van der Waals surface area contributed by atoms with Crippen molar-refractivity contribution in [3.63, 3.8) is 0 Å². The predicted octanol–water partition coefficient (Wildman–Crippen LogP) is 1.66. The number of thiazole rings is 1. The average Bonchev–Trinajstić information content (AvgIpc) is 3.04. The van der Waals surface area contributed by atoms with Crippen LogP contribution in [0.2, 0.25) is 0 Å². The molecule has 0 fully saturated rings. The quantitative estimate of drug-likeness (QED) is 0.895. The molecule has 22 heavy (non-hydrogen) atoms. The van der Waals surface area contributed by atoms with E-state index < -0.39 is 0 Å². The van der Waals surface area contributed by atoms with Crippen molar-refractivity contribution in [2.45, 2.75) is 13.0 Å². The van der Waals surface area contributed by atoms with Gasteiger partial charge in [0.15, 0.2) is 11.5 Å². The maximum atomic E-state index is 12.0. The van der Waals surface area contributed by atoms with Crippen LogP contribution in [0.25, 0.3) is 10.6 Å². The van der Waals surface area contributed by atoms with Gasteiger partial charge in [0.1, 0.15) is 23.9 Å². The Kier molecular flexibility index (Phi) is 4.26. The topological polar surface area (TPSA) is 86.5 Å². The summed E-state index contributed by atoms with van der Waals surface area (Å²) in [5, 5.41) is 5.30. The van der Waals surface area contributed by atoms with E-state index in [1.165, 1.54) is 11.3 Å². The lowest BCUT2D eigenvalue weighted by Crippen LogP contribution is -2.37. The molecule has 3 N–H and O–H groups in total. The summed E-state index contributed by atoms with van der Waals surface area (Å²) in [5.74, 6) is 1.24. The minimum atomic E-state index is -0.210. The summed E-state index contributed by atoms with van der Waals surface area (Å²) < 4.78 is 11.1. The van der Waals surface area contributed by atoms with Crippen LogP contribution in [0.15, 0.2) is 23.6 Å². The second kappa shape index (κ2) is 6.33. The maximum Gasteiger partial charge on any atom is 0.271 e. The maximum absolute atomic E-state index is 12.0. The average molecular weight is 319 g/mol. The van der Waals surface area contributed by atoms with E-state index in [0.29, 0.717) is 31.2 Å². The SMILES string of the molecule is C[C@@H](CN)NC(=O)c1csc(-c2ccc3c(c2)OCCO3)n1. The second-order valence-electron chi connectivity index (χ2n) is 5.01. The van der Waals surface area contributed by atoms with Crippen molar-refractivity contribution in [1.82, 2.24) is 10.3 Å². The molecule has 0 spiro atoms. The third kappa shape index (κ3) is 3.05. The summed E-state index contributed by atoms with van der Waals surface area (Å²) in [5.41, 5.74) is 6.80. The Bertz CT molecular complexity index is 686. The summed E-state index contributed by atoms with van der Waals surface area (Å²) in [6.07, 6.45) is 0. The smallest absolute Gasteiger partial charge is 0.271 e. The number of nitrogens with one attached hydrogen (secondary N) is 1. The molecule has 0 radical (unpaired) electrons. The van der Waals surface area contributed by atoms with E-state index in [0.717, 1.165) is 16.3 Å². The normalized spacial score (nSPS) is 14.5.